The molecule has 7 heteroatoms. The summed E-state index contributed by atoms with van der Waals surface area (Å²) >= 11 is 0. The number of ether oxygens (including phenoxy) is 2. The number of unbranched alkanes of at least 4 members (excludes halogenated alkanes) is 6. The minimum Gasteiger partial charge on any atom is -0.549 e. The molecule has 0 fully saturated rings. The molecule has 0 spiro atoms. The molecular formula is C19H31NaO5S. The summed E-state index contributed by atoms with van der Waals surface area (Å²) in [5, 5.41) is 0. The molecule has 0 saturated heterocycles. The first-order valence-corrected chi connectivity index (χ1v) is 10.8. The molecule has 1 N–H and O–H groups in total. The van der Waals surface area contributed by atoms with Crippen LogP contribution in [-0.2, 0) is 21.3 Å². The Hall–Kier alpha value is -0.110. The molecule has 0 heterocycles. The Kier molecular flexibility index (Phi) is 15.8. The average Bonchev–Trinajstić information content (AvgIpc) is 2.57. The Labute approximate surface area is 180 Å². The van der Waals surface area contributed by atoms with Crippen molar-refractivity contribution in [2.24, 2.45) is 0 Å². The van der Waals surface area contributed by atoms with E-state index in [0.717, 1.165) is 12.2 Å². The van der Waals surface area contributed by atoms with Crippen molar-refractivity contribution in [3.8, 4) is 5.75 Å². The van der Waals surface area contributed by atoms with Gasteiger partial charge in [-0.05, 0) is 0 Å². The summed E-state index contributed by atoms with van der Waals surface area (Å²) in [5.41, 5.74) is 1.20. The van der Waals surface area contributed by atoms with Gasteiger partial charge in [0.2, 0.25) is 0 Å². The third kappa shape index (κ3) is 15.0. The molecule has 0 aliphatic heterocycles. The van der Waals surface area contributed by atoms with E-state index in [-0.39, 0.29) is 42.8 Å². The van der Waals surface area contributed by atoms with Crippen molar-refractivity contribution in [2.75, 3.05) is 25.6 Å². The van der Waals surface area contributed by atoms with E-state index in [1.165, 1.54) is 50.5 Å². The molecule has 0 bridgehead atoms. The van der Waals surface area contributed by atoms with E-state index in [2.05, 4.69) is 13.0 Å². The number of hydrogen-bond acceptors (Lipinski definition) is 4. The van der Waals surface area contributed by atoms with Crippen molar-refractivity contribution in [3.63, 3.8) is 0 Å². The summed E-state index contributed by atoms with van der Waals surface area (Å²) < 4.78 is 40.2. The van der Waals surface area contributed by atoms with Crippen molar-refractivity contribution < 1.29 is 52.0 Å². The normalized spacial score (nSPS) is 11.2. The summed E-state index contributed by atoms with van der Waals surface area (Å²) in [7, 11) is -3.96. The topological polar surface area (TPSA) is 72.8 Å². The largest absolute Gasteiger partial charge is 1.00 e. The van der Waals surface area contributed by atoms with Gasteiger partial charge < -0.3 is 9.47 Å². The predicted molar refractivity (Wildman–Crippen MR) is 99.7 cm³/mol. The van der Waals surface area contributed by atoms with Gasteiger partial charge in [0, 0.05) is 5.75 Å². The second-order valence-electron chi connectivity index (χ2n) is 6.17. The first kappa shape index (κ1) is 25.9. The van der Waals surface area contributed by atoms with Crippen LogP contribution in [0.25, 0.3) is 0 Å². The molecule has 0 amide bonds. The molecule has 0 aliphatic carbocycles. The van der Waals surface area contributed by atoms with Gasteiger partial charge in [-0.25, -0.2) is 0 Å². The number of hydrogen-bond donors (Lipinski definition) is 1. The van der Waals surface area contributed by atoms with Crippen LogP contribution in [0.1, 0.15) is 57.4 Å². The van der Waals surface area contributed by atoms with Gasteiger partial charge in [-0.15, -0.1) is 12.1 Å². The van der Waals surface area contributed by atoms with Crippen LogP contribution in [0.4, 0.5) is 0 Å². The molecule has 26 heavy (non-hydrogen) atoms. The van der Waals surface area contributed by atoms with Crippen LogP contribution in [0.5, 0.6) is 5.75 Å². The van der Waals surface area contributed by atoms with Gasteiger partial charge in [0.25, 0.3) is 10.1 Å². The Morgan fingerprint density at radius 3 is 2.31 bits per heavy atom. The smallest absolute Gasteiger partial charge is 0.549 e. The molecule has 144 valence electrons. The molecule has 1 rings (SSSR count). The molecule has 0 atom stereocenters. The first-order chi connectivity index (χ1) is 12.0. The fraction of sp³-hybridized carbons (Fsp3) is 0.684. The van der Waals surface area contributed by atoms with E-state index in [1.807, 2.05) is 18.2 Å². The Morgan fingerprint density at radius 2 is 1.69 bits per heavy atom. The molecular weight excluding hydrogens is 363 g/mol. The minimum absolute atomic E-state index is 0. The van der Waals surface area contributed by atoms with Crippen LogP contribution in [0, 0.1) is 6.07 Å². The van der Waals surface area contributed by atoms with E-state index in [1.54, 1.807) is 0 Å². The zero-order valence-corrected chi connectivity index (χ0v) is 19.0. The minimum atomic E-state index is -3.96. The molecule has 0 aliphatic rings. The monoisotopic (exact) mass is 394 g/mol. The maximum Gasteiger partial charge on any atom is 1.00 e. The number of benzene rings is 1. The third-order valence-corrected chi connectivity index (χ3v) is 4.56. The molecule has 0 saturated carbocycles. The van der Waals surface area contributed by atoms with Crippen LogP contribution in [0.2, 0.25) is 0 Å². The zero-order valence-electron chi connectivity index (χ0n) is 16.2. The Balaban J connectivity index is 0.00000625. The van der Waals surface area contributed by atoms with Crippen LogP contribution >= 0.6 is 0 Å². The first-order valence-electron chi connectivity index (χ1n) is 9.17. The van der Waals surface area contributed by atoms with Crippen molar-refractivity contribution in [1.29, 1.82) is 0 Å². The van der Waals surface area contributed by atoms with Gasteiger partial charge >= 0.3 is 29.6 Å². The summed E-state index contributed by atoms with van der Waals surface area (Å²) in [4.78, 5) is 0. The maximum absolute atomic E-state index is 10.5. The van der Waals surface area contributed by atoms with Gasteiger partial charge in [0.15, 0.2) is 0 Å². The van der Waals surface area contributed by atoms with Crippen LogP contribution < -0.4 is 34.3 Å². The van der Waals surface area contributed by atoms with Gasteiger partial charge in [-0.2, -0.15) is 26.1 Å². The quantitative estimate of drug-likeness (QED) is 0.208. The van der Waals surface area contributed by atoms with Gasteiger partial charge in [-0.1, -0.05) is 58.3 Å². The fourth-order valence-electron chi connectivity index (χ4n) is 2.45. The molecule has 1 aromatic carbocycles. The van der Waals surface area contributed by atoms with E-state index in [9.17, 15) is 8.42 Å². The van der Waals surface area contributed by atoms with Crippen LogP contribution in [0.15, 0.2) is 18.2 Å². The van der Waals surface area contributed by atoms with Crippen molar-refractivity contribution in [1.82, 2.24) is 0 Å². The Morgan fingerprint density at radius 1 is 1.00 bits per heavy atom. The molecule has 5 nitrogen and oxygen atoms in total. The summed E-state index contributed by atoms with van der Waals surface area (Å²) in [6, 6.07) is 9.03. The van der Waals surface area contributed by atoms with E-state index < -0.39 is 15.9 Å². The standard InChI is InChI=1S/C19H31O5S.Na/c1-2-3-4-5-6-7-8-9-18-10-12-19(13-11-18)24-15-14-23-16-17-25(20,21)22;/h10,12-13H,2-9,14-17H2,1H3,(H,20,21,22);/q-1;+1. The van der Waals surface area contributed by atoms with E-state index in [4.69, 9.17) is 14.0 Å². The van der Waals surface area contributed by atoms with E-state index in [0.29, 0.717) is 6.61 Å². The number of rotatable bonds is 15. The number of aryl methyl sites for hydroxylation is 1. The van der Waals surface area contributed by atoms with E-state index >= 15 is 0 Å². The van der Waals surface area contributed by atoms with Gasteiger partial charge in [0.05, 0.1) is 25.6 Å². The average molecular weight is 395 g/mol. The molecule has 1 aromatic rings. The van der Waals surface area contributed by atoms with Crippen molar-refractivity contribution in [2.45, 2.75) is 58.3 Å². The maximum atomic E-state index is 10.5. The third-order valence-electron chi connectivity index (χ3n) is 3.88. The predicted octanol–water partition coefficient (Wildman–Crippen LogP) is 1.07. The molecule has 0 unspecified atom stereocenters. The summed E-state index contributed by atoms with van der Waals surface area (Å²) in [5.74, 6) is 0.329. The van der Waals surface area contributed by atoms with Crippen LogP contribution in [-0.4, -0.2) is 38.5 Å². The van der Waals surface area contributed by atoms with Crippen molar-refractivity contribution >= 4 is 10.1 Å². The second-order valence-corrected chi connectivity index (χ2v) is 7.74. The van der Waals surface area contributed by atoms with Gasteiger partial charge in [0.1, 0.15) is 0 Å². The molecule has 0 radical (unpaired) electrons. The van der Waals surface area contributed by atoms with Crippen LogP contribution in [0.3, 0.4) is 0 Å². The SMILES string of the molecule is CCCCCCCCCc1[c-]cc(OCCOCCS(=O)(=O)O)cc1.[Na+]. The fourth-order valence-corrected chi connectivity index (χ4v) is 2.77. The Bertz CT molecular complexity index is 546. The second kappa shape index (κ2) is 15.9. The molecule has 0 aromatic heterocycles. The summed E-state index contributed by atoms with van der Waals surface area (Å²) in [6.07, 6.45) is 10.2. The summed E-state index contributed by atoms with van der Waals surface area (Å²) in [6.45, 7) is 2.80. The van der Waals surface area contributed by atoms with Gasteiger partial charge in [-0.3, -0.25) is 4.55 Å². The van der Waals surface area contributed by atoms with Crippen molar-refractivity contribution in [3.05, 3.63) is 29.8 Å². The zero-order chi connectivity index (χ0) is 18.4.